The van der Waals surface area contributed by atoms with Crippen LogP contribution in [-0.2, 0) is 0 Å². The molecule has 0 unspecified atom stereocenters. The Morgan fingerprint density at radius 1 is 0.697 bits per heavy atom. The second kappa shape index (κ2) is 11.2. The number of nitrogens with one attached hydrogen (secondary N) is 1. The van der Waals surface area contributed by atoms with Crippen LogP contribution >= 0.6 is 0 Å². The predicted octanol–water partition coefficient (Wildman–Crippen LogP) is 7.74. The summed E-state index contributed by atoms with van der Waals surface area (Å²) in [5, 5.41) is 3.43. The van der Waals surface area contributed by atoms with Crippen molar-refractivity contribution >= 4 is 11.4 Å². The molecule has 0 saturated heterocycles. The van der Waals surface area contributed by atoms with Gasteiger partial charge in [-0.25, -0.2) is 0 Å². The Morgan fingerprint density at radius 2 is 1.42 bits per heavy atom. The summed E-state index contributed by atoms with van der Waals surface area (Å²) in [5.74, 6) is 1.63. The Labute approximate surface area is 196 Å². The number of aromatic nitrogens is 1. The summed E-state index contributed by atoms with van der Waals surface area (Å²) < 4.78 is 11.9. The van der Waals surface area contributed by atoms with E-state index in [1.54, 1.807) is 0 Å². The molecule has 168 valence electrons. The maximum Gasteiger partial charge on any atom is 0.132 e. The third-order valence-corrected chi connectivity index (χ3v) is 5.20. The number of anilines is 2. The first-order valence-electron chi connectivity index (χ1n) is 11.6. The highest BCUT2D eigenvalue weighted by atomic mass is 16.5. The first-order valence-corrected chi connectivity index (χ1v) is 11.6. The molecule has 4 aromatic rings. The molecular weight excluding hydrogens is 408 g/mol. The molecule has 0 atom stereocenters. The van der Waals surface area contributed by atoms with Crippen molar-refractivity contribution in [1.82, 2.24) is 4.98 Å². The Bertz CT molecular complexity index is 1160. The second-order valence-electron chi connectivity index (χ2n) is 7.85. The van der Waals surface area contributed by atoms with Gasteiger partial charge in [0.1, 0.15) is 11.5 Å². The lowest BCUT2D eigenvalue weighted by molar-refractivity contribution is 0.302. The summed E-state index contributed by atoms with van der Waals surface area (Å²) in [6.45, 7) is 5.55. The van der Waals surface area contributed by atoms with E-state index < -0.39 is 0 Å². The summed E-state index contributed by atoms with van der Waals surface area (Å²) >= 11 is 0. The van der Waals surface area contributed by atoms with Crippen LogP contribution in [0.3, 0.4) is 0 Å². The van der Waals surface area contributed by atoms with Crippen LogP contribution < -0.4 is 14.8 Å². The number of hydrogen-bond acceptors (Lipinski definition) is 4. The van der Waals surface area contributed by atoms with Gasteiger partial charge in [-0.3, -0.25) is 4.98 Å². The standard InChI is InChI=1S/C29H30N2O2/c1-3-18-32-26-14-15-27(29(21-26)33-19-4-2)28-20-23(16-17-30-28)22-10-12-25(13-11-22)31-24-8-6-5-7-9-24/h5-17,20-21,31H,3-4,18-19H2,1-2H3. The lowest BCUT2D eigenvalue weighted by atomic mass is 10.0. The third kappa shape index (κ3) is 5.92. The fourth-order valence-electron chi connectivity index (χ4n) is 3.55. The Balaban J connectivity index is 1.58. The molecule has 0 saturated carbocycles. The van der Waals surface area contributed by atoms with E-state index in [4.69, 9.17) is 9.47 Å². The van der Waals surface area contributed by atoms with Gasteiger partial charge in [0.25, 0.3) is 0 Å². The molecule has 4 heteroatoms. The number of benzene rings is 3. The van der Waals surface area contributed by atoms with E-state index in [-0.39, 0.29) is 0 Å². The van der Waals surface area contributed by atoms with Crippen molar-refractivity contribution < 1.29 is 9.47 Å². The molecule has 33 heavy (non-hydrogen) atoms. The Morgan fingerprint density at radius 3 is 2.18 bits per heavy atom. The van der Waals surface area contributed by atoms with Crippen LogP contribution in [-0.4, -0.2) is 18.2 Å². The minimum absolute atomic E-state index is 0.653. The van der Waals surface area contributed by atoms with Gasteiger partial charge in [0, 0.05) is 29.2 Å². The van der Waals surface area contributed by atoms with Gasteiger partial charge >= 0.3 is 0 Å². The van der Waals surface area contributed by atoms with Crippen LogP contribution in [0.15, 0.2) is 91.1 Å². The molecule has 4 rings (SSSR count). The molecule has 0 bridgehead atoms. The monoisotopic (exact) mass is 438 g/mol. The van der Waals surface area contributed by atoms with Crippen LogP contribution in [0.25, 0.3) is 22.4 Å². The molecule has 0 amide bonds. The van der Waals surface area contributed by atoms with Crippen molar-refractivity contribution in [3.8, 4) is 33.9 Å². The van der Waals surface area contributed by atoms with Crippen LogP contribution in [0.4, 0.5) is 11.4 Å². The van der Waals surface area contributed by atoms with Crippen molar-refractivity contribution in [3.63, 3.8) is 0 Å². The topological polar surface area (TPSA) is 43.4 Å². The average Bonchev–Trinajstić information content (AvgIpc) is 2.87. The highest BCUT2D eigenvalue weighted by molar-refractivity contribution is 5.75. The molecular formula is C29H30N2O2. The summed E-state index contributed by atoms with van der Waals surface area (Å²) in [7, 11) is 0. The van der Waals surface area contributed by atoms with E-state index in [1.807, 2.05) is 48.7 Å². The minimum atomic E-state index is 0.653. The Kier molecular flexibility index (Phi) is 7.60. The van der Waals surface area contributed by atoms with Gasteiger partial charge < -0.3 is 14.8 Å². The zero-order valence-corrected chi connectivity index (χ0v) is 19.3. The summed E-state index contributed by atoms with van der Waals surface area (Å²) in [6.07, 6.45) is 3.76. The van der Waals surface area contributed by atoms with Gasteiger partial charge in [-0.2, -0.15) is 0 Å². The molecule has 4 nitrogen and oxygen atoms in total. The van der Waals surface area contributed by atoms with Crippen molar-refractivity contribution in [2.75, 3.05) is 18.5 Å². The molecule has 0 aliphatic carbocycles. The zero-order valence-electron chi connectivity index (χ0n) is 19.3. The van der Waals surface area contributed by atoms with Crippen molar-refractivity contribution in [1.29, 1.82) is 0 Å². The molecule has 1 heterocycles. The van der Waals surface area contributed by atoms with E-state index in [9.17, 15) is 0 Å². The van der Waals surface area contributed by atoms with Crippen molar-refractivity contribution in [2.45, 2.75) is 26.7 Å². The zero-order chi connectivity index (χ0) is 22.9. The fourth-order valence-corrected chi connectivity index (χ4v) is 3.55. The summed E-state index contributed by atoms with van der Waals surface area (Å²) in [6, 6.07) is 28.8. The highest BCUT2D eigenvalue weighted by Crippen LogP contribution is 2.34. The van der Waals surface area contributed by atoms with E-state index in [0.29, 0.717) is 13.2 Å². The number of ether oxygens (including phenoxy) is 2. The molecule has 1 N–H and O–H groups in total. The number of rotatable bonds is 10. The molecule has 0 fully saturated rings. The van der Waals surface area contributed by atoms with E-state index in [0.717, 1.165) is 58.1 Å². The maximum absolute atomic E-state index is 6.05. The van der Waals surface area contributed by atoms with Gasteiger partial charge in [-0.05, 0) is 72.5 Å². The lowest BCUT2D eigenvalue weighted by Gasteiger charge is -2.14. The molecule has 1 aromatic heterocycles. The maximum atomic E-state index is 6.05. The average molecular weight is 439 g/mol. The van der Waals surface area contributed by atoms with Gasteiger partial charge in [0.2, 0.25) is 0 Å². The quantitative estimate of drug-likeness (QED) is 0.275. The molecule has 3 aromatic carbocycles. The van der Waals surface area contributed by atoms with Gasteiger partial charge in [-0.15, -0.1) is 0 Å². The minimum Gasteiger partial charge on any atom is -0.493 e. The summed E-state index contributed by atoms with van der Waals surface area (Å²) in [5.41, 5.74) is 6.22. The molecule has 0 aliphatic rings. The SMILES string of the molecule is CCCOc1ccc(-c2cc(-c3ccc(Nc4ccccc4)cc3)ccn2)c(OCCC)c1. The van der Waals surface area contributed by atoms with Crippen molar-refractivity contribution in [2.24, 2.45) is 0 Å². The van der Waals surface area contributed by atoms with Crippen LogP contribution in [0, 0.1) is 0 Å². The summed E-state index contributed by atoms with van der Waals surface area (Å²) in [4.78, 5) is 4.64. The lowest BCUT2D eigenvalue weighted by Crippen LogP contribution is -2.00. The first kappa shape index (κ1) is 22.4. The first-order chi connectivity index (χ1) is 16.3. The van der Waals surface area contributed by atoms with Crippen LogP contribution in [0.1, 0.15) is 26.7 Å². The van der Waals surface area contributed by atoms with E-state index in [1.165, 1.54) is 0 Å². The normalized spacial score (nSPS) is 10.6. The largest absolute Gasteiger partial charge is 0.493 e. The van der Waals surface area contributed by atoms with Gasteiger partial charge in [-0.1, -0.05) is 44.2 Å². The predicted molar refractivity (Wildman–Crippen MR) is 136 cm³/mol. The third-order valence-electron chi connectivity index (χ3n) is 5.20. The number of nitrogens with zero attached hydrogens (tertiary/aromatic N) is 1. The number of pyridine rings is 1. The van der Waals surface area contributed by atoms with Crippen molar-refractivity contribution in [3.05, 3.63) is 91.1 Å². The van der Waals surface area contributed by atoms with Crippen LogP contribution in [0.5, 0.6) is 11.5 Å². The highest BCUT2D eigenvalue weighted by Gasteiger charge is 2.11. The van der Waals surface area contributed by atoms with Crippen LogP contribution in [0.2, 0.25) is 0 Å². The Hall–Kier alpha value is -3.79. The number of para-hydroxylation sites is 1. The second-order valence-corrected chi connectivity index (χ2v) is 7.85. The fraction of sp³-hybridized carbons (Fsp3) is 0.207. The van der Waals surface area contributed by atoms with E-state index in [2.05, 4.69) is 66.6 Å². The number of hydrogen-bond donors (Lipinski definition) is 1. The smallest absolute Gasteiger partial charge is 0.132 e. The van der Waals surface area contributed by atoms with E-state index >= 15 is 0 Å². The molecule has 0 spiro atoms. The van der Waals surface area contributed by atoms with Gasteiger partial charge in [0.15, 0.2) is 0 Å². The molecule has 0 radical (unpaired) electrons. The van der Waals surface area contributed by atoms with Gasteiger partial charge in [0.05, 0.1) is 18.9 Å². The molecule has 0 aliphatic heterocycles.